The number of amides is 2. The van der Waals surface area contributed by atoms with E-state index in [0.717, 1.165) is 18.4 Å². The van der Waals surface area contributed by atoms with E-state index in [1.807, 2.05) is 46.1 Å². The van der Waals surface area contributed by atoms with Gasteiger partial charge in [0.1, 0.15) is 0 Å². The van der Waals surface area contributed by atoms with Crippen molar-refractivity contribution in [2.75, 3.05) is 27.2 Å². The number of carbonyl (C=O) groups is 1. The van der Waals surface area contributed by atoms with E-state index in [-0.39, 0.29) is 18.7 Å². The minimum absolute atomic E-state index is 0.0472. The van der Waals surface area contributed by atoms with Crippen LogP contribution in [0.5, 0.6) is 0 Å². The van der Waals surface area contributed by atoms with Gasteiger partial charge >= 0.3 is 6.03 Å². The number of hydrogen-bond acceptors (Lipinski definition) is 4. The highest BCUT2D eigenvalue weighted by Crippen LogP contribution is 2.16. The highest BCUT2D eigenvalue weighted by atomic mass is 16.3. The predicted octanol–water partition coefficient (Wildman–Crippen LogP) is 0.873. The summed E-state index contributed by atoms with van der Waals surface area (Å²) in [5.74, 6) is 0. The third kappa shape index (κ3) is 5.31. The van der Waals surface area contributed by atoms with Crippen LogP contribution in [0.3, 0.4) is 0 Å². The summed E-state index contributed by atoms with van der Waals surface area (Å²) in [6.45, 7) is 4.27. The van der Waals surface area contributed by atoms with Crippen LogP contribution in [-0.2, 0) is 7.05 Å². The molecule has 22 heavy (non-hydrogen) atoms. The van der Waals surface area contributed by atoms with Crippen molar-refractivity contribution in [1.82, 2.24) is 25.3 Å². The van der Waals surface area contributed by atoms with Crippen LogP contribution in [0.4, 0.5) is 4.79 Å². The first-order valence-electron chi connectivity index (χ1n) is 7.63. The van der Waals surface area contributed by atoms with Crippen molar-refractivity contribution in [3.8, 4) is 0 Å². The number of aromatic nitrogens is 2. The van der Waals surface area contributed by atoms with Gasteiger partial charge in [0.15, 0.2) is 0 Å². The zero-order valence-electron chi connectivity index (χ0n) is 14.3. The standard InChI is InChI=1S/C15H29N5O2/c1-6-7-15(2,11-21)18-14(22)16-9-13(19(3)4)12-8-17-20(5)10-12/h8,10,13,21H,6-7,9,11H2,1-5H3,(H2,16,18,22). The number of aliphatic hydroxyl groups is 1. The molecule has 0 aromatic carbocycles. The monoisotopic (exact) mass is 311 g/mol. The Bertz CT molecular complexity index is 474. The Morgan fingerprint density at radius 3 is 2.68 bits per heavy atom. The Morgan fingerprint density at radius 2 is 2.23 bits per heavy atom. The molecule has 0 fully saturated rings. The quantitative estimate of drug-likeness (QED) is 0.665. The minimum atomic E-state index is -0.583. The fourth-order valence-corrected chi connectivity index (χ4v) is 2.45. The van der Waals surface area contributed by atoms with Gasteiger partial charge in [0, 0.05) is 25.4 Å². The lowest BCUT2D eigenvalue weighted by molar-refractivity contribution is 0.162. The zero-order chi connectivity index (χ0) is 16.8. The lowest BCUT2D eigenvalue weighted by Crippen LogP contribution is -2.53. The second-order valence-corrected chi connectivity index (χ2v) is 6.23. The number of likely N-dealkylation sites (N-methyl/N-ethyl adjacent to an activating group) is 1. The summed E-state index contributed by atoms with van der Waals surface area (Å²) in [4.78, 5) is 14.1. The smallest absolute Gasteiger partial charge is 0.315 e. The Labute approximate surface area is 132 Å². The molecule has 1 rings (SSSR count). The SMILES string of the molecule is CCCC(C)(CO)NC(=O)NCC(c1cnn(C)c1)N(C)C. The van der Waals surface area contributed by atoms with Crippen molar-refractivity contribution >= 4 is 6.03 Å². The third-order valence-electron chi connectivity index (χ3n) is 3.75. The summed E-state index contributed by atoms with van der Waals surface area (Å²) >= 11 is 0. The number of hydrogen-bond donors (Lipinski definition) is 3. The Kier molecular flexibility index (Phi) is 6.83. The van der Waals surface area contributed by atoms with Crippen LogP contribution >= 0.6 is 0 Å². The molecule has 126 valence electrons. The van der Waals surface area contributed by atoms with E-state index in [1.54, 1.807) is 10.9 Å². The van der Waals surface area contributed by atoms with Crippen LogP contribution in [-0.4, -0.2) is 58.6 Å². The number of rotatable bonds is 8. The molecule has 7 heteroatoms. The molecule has 1 heterocycles. The lowest BCUT2D eigenvalue weighted by Gasteiger charge is -2.29. The molecule has 2 unspecified atom stereocenters. The maximum absolute atomic E-state index is 12.1. The molecule has 0 aliphatic carbocycles. The van der Waals surface area contributed by atoms with E-state index in [0.29, 0.717) is 6.54 Å². The molecule has 3 N–H and O–H groups in total. The molecule has 0 saturated heterocycles. The summed E-state index contributed by atoms with van der Waals surface area (Å²) in [6.07, 6.45) is 5.38. The topological polar surface area (TPSA) is 82.4 Å². The van der Waals surface area contributed by atoms with E-state index >= 15 is 0 Å². The Balaban J connectivity index is 2.60. The van der Waals surface area contributed by atoms with Crippen LogP contribution in [0.25, 0.3) is 0 Å². The van der Waals surface area contributed by atoms with Gasteiger partial charge in [0.2, 0.25) is 0 Å². The van der Waals surface area contributed by atoms with Gasteiger partial charge in [-0.15, -0.1) is 0 Å². The molecular formula is C15H29N5O2. The highest BCUT2D eigenvalue weighted by Gasteiger charge is 2.25. The third-order valence-corrected chi connectivity index (χ3v) is 3.75. The van der Waals surface area contributed by atoms with Gasteiger partial charge < -0.3 is 20.6 Å². The maximum atomic E-state index is 12.1. The normalized spacial score (nSPS) is 15.4. The number of urea groups is 1. The summed E-state index contributed by atoms with van der Waals surface area (Å²) in [7, 11) is 5.80. The lowest BCUT2D eigenvalue weighted by atomic mass is 9.98. The van der Waals surface area contributed by atoms with Crippen LogP contribution < -0.4 is 10.6 Å². The van der Waals surface area contributed by atoms with Gasteiger partial charge in [0.05, 0.1) is 24.4 Å². The van der Waals surface area contributed by atoms with Crippen molar-refractivity contribution in [1.29, 1.82) is 0 Å². The number of nitrogens with one attached hydrogen (secondary N) is 2. The van der Waals surface area contributed by atoms with Gasteiger partial charge in [0.25, 0.3) is 0 Å². The largest absolute Gasteiger partial charge is 0.394 e. The summed E-state index contributed by atoms with van der Waals surface area (Å²) in [5, 5.41) is 19.4. The van der Waals surface area contributed by atoms with Gasteiger partial charge in [-0.05, 0) is 27.4 Å². The summed E-state index contributed by atoms with van der Waals surface area (Å²) in [6, 6.07) is -0.216. The van der Waals surface area contributed by atoms with E-state index in [1.165, 1.54) is 0 Å². The molecule has 0 saturated carbocycles. The first kappa shape index (κ1) is 18.4. The van der Waals surface area contributed by atoms with Crippen LogP contribution in [0.15, 0.2) is 12.4 Å². The summed E-state index contributed by atoms with van der Waals surface area (Å²) < 4.78 is 1.75. The Morgan fingerprint density at radius 1 is 1.55 bits per heavy atom. The van der Waals surface area contributed by atoms with Gasteiger partial charge in [-0.2, -0.15) is 5.10 Å². The molecule has 2 atom stereocenters. The molecule has 0 radical (unpaired) electrons. The van der Waals surface area contributed by atoms with E-state index in [2.05, 4.69) is 15.7 Å². The van der Waals surface area contributed by atoms with Crippen molar-refractivity contribution in [2.24, 2.45) is 7.05 Å². The molecule has 1 aromatic rings. The van der Waals surface area contributed by atoms with E-state index < -0.39 is 5.54 Å². The first-order valence-corrected chi connectivity index (χ1v) is 7.63. The van der Waals surface area contributed by atoms with Crippen LogP contribution in [0.1, 0.15) is 38.3 Å². The molecule has 2 amide bonds. The number of aryl methyl sites for hydroxylation is 1. The van der Waals surface area contributed by atoms with Crippen molar-refractivity contribution in [3.63, 3.8) is 0 Å². The van der Waals surface area contributed by atoms with Crippen LogP contribution in [0.2, 0.25) is 0 Å². The molecule has 1 aromatic heterocycles. The van der Waals surface area contributed by atoms with Crippen molar-refractivity contribution in [2.45, 2.75) is 38.3 Å². The average molecular weight is 311 g/mol. The number of carbonyl (C=O) groups excluding carboxylic acids is 1. The second kappa shape index (κ2) is 8.14. The Hall–Kier alpha value is -1.60. The molecular weight excluding hydrogens is 282 g/mol. The van der Waals surface area contributed by atoms with E-state index in [4.69, 9.17) is 0 Å². The van der Waals surface area contributed by atoms with Crippen molar-refractivity contribution in [3.05, 3.63) is 18.0 Å². The van der Waals surface area contributed by atoms with E-state index in [9.17, 15) is 9.90 Å². The average Bonchev–Trinajstić information content (AvgIpc) is 2.85. The molecule has 0 bridgehead atoms. The predicted molar refractivity (Wildman–Crippen MR) is 86.6 cm³/mol. The van der Waals surface area contributed by atoms with Crippen molar-refractivity contribution < 1.29 is 9.90 Å². The molecule has 0 aliphatic rings. The minimum Gasteiger partial charge on any atom is -0.394 e. The van der Waals surface area contributed by atoms with Gasteiger partial charge in [-0.25, -0.2) is 4.79 Å². The number of nitrogens with zero attached hydrogens (tertiary/aromatic N) is 3. The summed E-state index contributed by atoms with van der Waals surface area (Å²) in [5.41, 5.74) is 0.465. The molecule has 0 spiro atoms. The fourth-order valence-electron chi connectivity index (χ4n) is 2.45. The molecule has 0 aliphatic heterocycles. The number of aliphatic hydroxyl groups excluding tert-OH is 1. The zero-order valence-corrected chi connectivity index (χ0v) is 14.3. The highest BCUT2D eigenvalue weighted by molar-refractivity contribution is 5.74. The second-order valence-electron chi connectivity index (χ2n) is 6.23. The van der Waals surface area contributed by atoms with Crippen LogP contribution in [0, 0.1) is 0 Å². The maximum Gasteiger partial charge on any atom is 0.315 e. The van der Waals surface area contributed by atoms with Gasteiger partial charge in [-0.1, -0.05) is 13.3 Å². The first-order chi connectivity index (χ1) is 10.3. The fraction of sp³-hybridized carbons (Fsp3) is 0.733. The molecule has 7 nitrogen and oxygen atoms in total. The van der Waals surface area contributed by atoms with Gasteiger partial charge in [-0.3, -0.25) is 4.68 Å².